The summed E-state index contributed by atoms with van der Waals surface area (Å²) in [6.45, 7) is 4.30. The molecule has 0 saturated carbocycles. The Kier molecular flexibility index (Phi) is 8.35. The van der Waals surface area contributed by atoms with Crippen molar-refractivity contribution in [2.75, 3.05) is 13.4 Å². The van der Waals surface area contributed by atoms with E-state index in [1.54, 1.807) is 25.1 Å². The van der Waals surface area contributed by atoms with Crippen molar-refractivity contribution in [3.63, 3.8) is 0 Å². The van der Waals surface area contributed by atoms with E-state index < -0.39 is 0 Å². The smallest absolute Gasteiger partial charge is 0.509 e. The fraction of sp³-hybridized carbons (Fsp3) is 0.111. The maximum Gasteiger partial charge on any atom is 2.00 e. The molecule has 44 heavy (non-hydrogen) atoms. The molecule has 0 aliphatic heterocycles. The van der Waals surface area contributed by atoms with Crippen molar-refractivity contribution in [2.24, 2.45) is 0 Å². The molecule has 0 aliphatic carbocycles. The summed E-state index contributed by atoms with van der Waals surface area (Å²) < 4.78 is 15.7. The van der Waals surface area contributed by atoms with Gasteiger partial charge in [0.25, 0.3) is 0 Å². The van der Waals surface area contributed by atoms with Crippen LogP contribution >= 0.6 is 11.8 Å². The molecule has 0 spiro atoms. The third kappa shape index (κ3) is 5.42. The van der Waals surface area contributed by atoms with Gasteiger partial charge in [0.05, 0.1) is 13.3 Å². The first-order chi connectivity index (χ1) is 21.0. The van der Waals surface area contributed by atoms with Crippen molar-refractivity contribution in [1.82, 2.24) is 19.3 Å². The maximum absolute atomic E-state index is 6.32. The molecule has 3 aromatic heterocycles. The zero-order valence-corrected chi connectivity index (χ0v) is 27.7. The molecular formula is C36H28N4O2PtS. The number of fused-ring (bicyclic) bond motifs is 3. The molecule has 7 rings (SSSR count). The molecule has 4 aromatic carbocycles. The van der Waals surface area contributed by atoms with Crippen LogP contribution in [0.15, 0.2) is 102 Å². The molecular weight excluding hydrogens is 748 g/mol. The fourth-order valence-corrected chi connectivity index (χ4v) is 6.24. The Morgan fingerprint density at radius 1 is 0.841 bits per heavy atom. The van der Waals surface area contributed by atoms with Crippen LogP contribution in [-0.2, 0) is 21.1 Å². The van der Waals surface area contributed by atoms with Gasteiger partial charge in [-0.3, -0.25) is 4.68 Å². The normalized spacial score (nSPS) is 11.1. The number of hydrogen-bond acceptors (Lipinski definition) is 5. The van der Waals surface area contributed by atoms with E-state index in [9.17, 15) is 0 Å². The second-order valence-corrected chi connectivity index (χ2v) is 11.2. The molecule has 0 radical (unpaired) electrons. The molecule has 0 N–H and O–H groups in total. The number of aromatic nitrogens is 4. The standard InChI is InChI=1S/C36H28N4O2S.Pt/c1-23-16-30(43-4)17-24(2)36(23)25-21-38-39(22-25)26-8-7-9-28(18-26)42-29-12-13-32-31-10-5-6-11-33(31)40(34(32)19-29)35-20-27(41-3)14-15-37-35;/h5-17,20-22H,1-4H3;/q-2;+2. The van der Waals surface area contributed by atoms with E-state index in [0.29, 0.717) is 11.5 Å². The Labute approximate surface area is 274 Å². The number of rotatable bonds is 7. The van der Waals surface area contributed by atoms with Crippen molar-refractivity contribution in [3.8, 4) is 39.9 Å². The molecule has 0 unspecified atom stereocenters. The van der Waals surface area contributed by atoms with E-state index in [-0.39, 0.29) is 21.1 Å². The van der Waals surface area contributed by atoms with Gasteiger partial charge >= 0.3 is 21.1 Å². The number of aryl methyl sites for hydroxylation is 2. The van der Waals surface area contributed by atoms with Crippen molar-refractivity contribution in [2.45, 2.75) is 18.7 Å². The average Bonchev–Trinajstić information content (AvgIpc) is 3.64. The largest absolute Gasteiger partial charge is 2.00 e. The molecule has 0 fully saturated rings. The van der Waals surface area contributed by atoms with Crippen LogP contribution in [0.5, 0.6) is 17.2 Å². The monoisotopic (exact) mass is 775 g/mol. The molecule has 3 heterocycles. The Balaban J connectivity index is 0.00000343. The number of thioether (sulfide) groups is 1. The first-order valence-corrected chi connectivity index (χ1v) is 15.1. The topological polar surface area (TPSA) is 54.1 Å². The molecule has 0 saturated heterocycles. The number of hydrogen-bond donors (Lipinski definition) is 0. The summed E-state index contributed by atoms with van der Waals surface area (Å²) in [4.78, 5) is 5.90. The molecule has 0 aliphatic rings. The molecule has 220 valence electrons. The Hall–Kier alpha value is -4.32. The molecule has 7 aromatic rings. The maximum atomic E-state index is 6.32. The third-order valence-corrected chi connectivity index (χ3v) is 8.28. The van der Waals surface area contributed by atoms with E-state index in [4.69, 9.17) is 9.47 Å². The predicted octanol–water partition coefficient (Wildman–Crippen LogP) is 8.77. The first kappa shape index (κ1) is 29.7. The summed E-state index contributed by atoms with van der Waals surface area (Å²) >= 11 is 1.76. The van der Waals surface area contributed by atoms with Gasteiger partial charge in [0.2, 0.25) is 0 Å². The van der Waals surface area contributed by atoms with Gasteiger partial charge in [0.15, 0.2) is 0 Å². The van der Waals surface area contributed by atoms with Gasteiger partial charge in [-0.1, -0.05) is 23.7 Å². The Morgan fingerprint density at radius 3 is 2.43 bits per heavy atom. The SMILES string of the molecule is COc1ccnc(-n2c3[c-]c(Oc4[c-]c(-n5cc(-c6c(C)cc(SC)cc6C)cn5)ccc4)ccc3c3ccccc32)c1.[Pt+2]. The molecule has 0 amide bonds. The van der Waals surface area contributed by atoms with Crippen molar-refractivity contribution < 1.29 is 30.5 Å². The Morgan fingerprint density at radius 2 is 1.64 bits per heavy atom. The van der Waals surface area contributed by atoms with Crippen molar-refractivity contribution >= 4 is 33.6 Å². The summed E-state index contributed by atoms with van der Waals surface area (Å²) in [7, 11) is 1.66. The molecule has 6 nitrogen and oxygen atoms in total. The van der Waals surface area contributed by atoms with Crippen LogP contribution in [0.2, 0.25) is 0 Å². The van der Waals surface area contributed by atoms with Gasteiger partial charge in [0, 0.05) is 45.9 Å². The summed E-state index contributed by atoms with van der Waals surface area (Å²) in [6, 6.07) is 33.1. The molecule has 0 bridgehead atoms. The van der Waals surface area contributed by atoms with Crippen LogP contribution in [0.1, 0.15) is 11.1 Å². The number of para-hydroxylation sites is 1. The minimum absolute atomic E-state index is 0. The van der Waals surface area contributed by atoms with Gasteiger partial charge < -0.3 is 14.0 Å². The fourth-order valence-electron chi connectivity index (χ4n) is 5.65. The van der Waals surface area contributed by atoms with Crippen LogP contribution in [0.3, 0.4) is 0 Å². The van der Waals surface area contributed by atoms with Gasteiger partial charge in [-0.2, -0.15) is 17.2 Å². The van der Waals surface area contributed by atoms with Crippen molar-refractivity contribution in [1.29, 1.82) is 0 Å². The van der Waals surface area contributed by atoms with Crippen LogP contribution in [0, 0.1) is 26.0 Å². The summed E-state index contributed by atoms with van der Waals surface area (Å²) in [5, 5.41) is 6.83. The van der Waals surface area contributed by atoms with Gasteiger partial charge in [-0.15, -0.1) is 47.5 Å². The Bertz CT molecular complexity index is 2110. The number of nitrogens with zero attached hydrogens (tertiary/aromatic N) is 4. The van der Waals surface area contributed by atoms with Gasteiger partial charge in [0.1, 0.15) is 11.6 Å². The van der Waals surface area contributed by atoms with E-state index in [1.807, 2.05) is 65.6 Å². The van der Waals surface area contributed by atoms with Gasteiger partial charge in [-0.25, -0.2) is 4.98 Å². The first-order valence-electron chi connectivity index (χ1n) is 13.9. The van der Waals surface area contributed by atoms with E-state index in [1.165, 1.54) is 21.6 Å². The van der Waals surface area contributed by atoms with Crippen LogP contribution in [-0.4, -0.2) is 32.7 Å². The minimum Gasteiger partial charge on any atom is -0.509 e. The minimum atomic E-state index is 0. The number of benzene rings is 4. The van der Waals surface area contributed by atoms with Crippen LogP contribution in [0.25, 0.3) is 44.4 Å². The van der Waals surface area contributed by atoms with Crippen molar-refractivity contribution in [3.05, 3.63) is 121 Å². The second-order valence-electron chi connectivity index (χ2n) is 10.3. The number of ether oxygens (including phenoxy) is 2. The molecule has 0 atom stereocenters. The van der Waals surface area contributed by atoms with Crippen LogP contribution in [0.4, 0.5) is 0 Å². The number of methoxy groups -OCH3 is 1. The van der Waals surface area contributed by atoms with Crippen LogP contribution < -0.4 is 9.47 Å². The number of pyridine rings is 1. The summed E-state index contributed by atoms with van der Waals surface area (Å²) in [5.41, 5.74) is 7.43. The second kappa shape index (κ2) is 12.4. The van der Waals surface area contributed by atoms with E-state index >= 15 is 0 Å². The third-order valence-electron chi connectivity index (χ3n) is 7.57. The van der Waals surface area contributed by atoms with E-state index in [0.717, 1.165) is 44.6 Å². The average molecular weight is 776 g/mol. The zero-order valence-electron chi connectivity index (χ0n) is 24.6. The molecule has 8 heteroatoms. The van der Waals surface area contributed by atoms with E-state index in [2.05, 4.69) is 77.2 Å². The summed E-state index contributed by atoms with van der Waals surface area (Å²) in [5.74, 6) is 2.63. The summed E-state index contributed by atoms with van der Waals surface area (Å²) in [6.07, 6.45) is 7.80. The van der Waals surface area contributed by atoms with Gasteiger partial charge in [-0.05, 0) is 72.1 Å². The predicted molar refractivity (Wildman–Crippen MR) is 173 cm³/mol. The quantitative estimate of drug-likeness (QED) is 0.120. The zero-order chi connectivity index (χ0) is 29.5.